The normalized spacial score (nSPS) is 11.6. The Bertz CT molecular complexity index is 3500. The molecular weight excluding hydrogens is 944 g/mol. The fraction of sp³-hybridized carbons (Fsp3) is 0.0526. The predicted molar refractivity (Wildman–Crippen MR) is 282 cm³/mol. The third-order valence-electron chi connectivity index (χ3n) is 11.0. The Morgan fingerprint density at radius 2 is 1.18 bits per heavy atom. The van der Waals surface area contributed by atoms with Gasteiger partial charge in [0.1, 0.15) is 17.0 Å². The molecule has 0 bridgehead atoms. The first-order valence-corrected chi connectivity index (χ1v) is 23.3. The average Bonchev–Trinajstić information content (AvgIpc) is 3.92. The second-order valence-electron chi connectivity index (χ2n) is 15.1. The molecule has 11 aromatic rings. The minimum atomic E-state index is 0.420. The van der Waals surface area contributed by atoms with Crippen molar-refractivity contribution in [2.24, 2.45) is 15.7 Å². The second-order valence-corrected chi connectivity index (χ2v) is 16.9. The summed E-state index contributed by atoms with van der Waals surface area (Å²) in [6, 6.07) is 65.4. The van der Waals surface area contributed by atoms with E-state index in [1.807, 2.05) is 111 Å². The second kappa shape index (κ2) is 20.2. The molecule has 0 saturated heterocycles. The van der Waals surface area contributed by atoms with Crippen molar-refractivity contribution in [1.82, 2.24) is 14.5 Å². The zero-order valence-corrected chi connectivity index (χ0v) is 39.5. The topological polar surface area (TPSA) is 94.6 Å². The maximum absolute atomic E-state index is 6.50. The molecule has 0 fully saturated rings. The van der Waals surface area contributed by atoms with Crippen molar-refractivity contribution in [2.75, 3.05) is 0 Å². The van der Waals surface area contributed by atoms with Gasteiger partial charge in [0, 0.05) is 65.3 Å². The molecule has 0 unspecified atom stereocenters. The summed E-state index contributed by atoms with van der Waals surface area (Å²) in [6.45, 7) is 4.49. The van der Waals surface area contributed by atoms with Crippen LogP contribution in [0.4, 0.5) is 0 Å². The fourth-order valence-electron chi connectivity index (χ4n) is 8.18. The van der Waals surface area contributed by atoms with E-state index in [2.05, 4.69) is 143 Å². The number of amidine groups is 2. The summed E-state index contributed by atoms with van der Waals surface area (Å²) in [5.74, 6) is 1.74. The lowest BCUT2D eigenvalue weighted by atomic mass is 9.95. The Labute approximate surface area is 400 Å². The highest BCUT2D eigenvalue weighted by Gasteiger charge is 2.19. The molecule has 9 heteroatoms. The molecule has 11 rings (SSSR count). The molecule has 3 heterocycles. The van der Waals surface area contributed by atoms with Crippen LogP contribution >= 0.6 is 31.9 Å². The Hall–Kier alpha value is -7.46. The minimum absolute atomic E-state index is 0.420. The van der Waals surface area contributed by atoms with E-state index >= 15 is 0 Å². The summed E-state index contributed by atoms with van der Waals surface area (Å²) < 4.78 is 10.6. The predicted octanol–water partition coefficient (Wildman–Crippen LogP) is 15.4. The van der Waals surface area contributed by atoms with Gasteiger partial charge >= 0.3 is 0 Å². The first-order chi connectivity index (χ1) is 32.5. The lowest BCUT2D eigenvalue weighted by Crippen LogP contribution is -2.16. The maximum Gasteiger partial charge on any atom is 0.159 e. The molecule has 0 amide bonds. The summed E-state index contributed by atoms with van der Waals surface area (Å²) in [4.78, 5) is 18.8. The van der Waals surface area contributed by atoms with Crippen molar-refractivity contribution in [3.8, 4) is 28.2 Å². The molecule has 322 valence electrons. The molecule has 0 aliphatic heterocycles. The number of rotatable bonds is 7. The smallest absolute Gasteiger partial charge is 0.159 e. The SMILES string of the molecule is Brc1ccc2c(c1)c1c(-c3ncccn3)cccc1n2-c1ccccc1.CC.NC(=NC(=NCc1ccccc1)c1ccccc1-c1cccc2oc3ccc(Br)cc3c12)c1ccccc1. The Morgan fingerprint density at radius 1 is 0.561 bits per heavy atom. The molecule has 0 atom stereocenters. The first kappa shape index (κ1) is 43.8. The third-order valence-corrected chi connectivity index (χ3v) is 12.0. The van der Waals surface area contributed by atoms with Crippen LogP contribution in [-0.2, 0) is 6.54 Å². The van der Waals surface area contributed by atoms with E-state index in [4.69, 9.17) is 20.1 Å². The Kier molecular flexibility index (Phi) is 13.4. The molecule has 0 saturated carbocycles. The highest BCUT2D eigenvalue weighted by atomic mass is 79.9. The molecule has 0 radical (unpaired) electrons. The van der Waals surface area contributed by atoms with Gasteiger partial charge in [-0.2, -0.15) is 0 Å². The average molecular weight is 989 g/mol. The zero-order chi connectivity index (χ0) is 45.4. The van der Waals surface area contributed by atoms with Gasteiger partial charge in [-0.1, -0.05) is 173 Å². The van der Waals surface area contributed by atoms with Crippen molar-refractivity contribution >= 4 is 87.3 Å². The zero-order valence-electron chi connectivity index (χ0n) is 36.3. The number of fused-ring (bicyclic) bond motifs is 6. The van der Waals surface area contributed by atoms with Crippen molar-refractivity contribution in [1.29, 1.82) is 0 Å². The van der Waals surface area contributed by atoms with E-state index in [9.17, 15) is 0 Å². The number of para-hydroxylation sites is 1. The number of hydrogen-bond donors (Lipinski definition) is 1. The van der Waals surface area contributed by atoms with Gasteiger partial charge in [-0.15, -0.1) is 0 Å². The lowest BCUT2D eigenvalue weighted by Gasteiger charge is -2.12. The van der Waals surface area contributed by atoms with Crippen LogP contribution < -0.4 is 5.73 Å². The molecular formula is C57H44Br2N6O. The number of halogens is 2. The molecule has 0 spiro atoms. The Balaban J connectivity index is 0.000000170. The van der Waals surface area contributed by atoms with Crippen molar-refractivity contribution in [3.63, 3.8) is 0 Å². The van der Waals surface area contributed by atoms with E-state index in [1.165, 1.54) is 10.8 Å². The summed E-state index contributed by atoms with van der Waals surface area (Å²) in [5.41, 5.74) is 17.6. The minimum Gasteiger partial charge on any atom is -0.456 e. The van der Waals surface area contributed by atoms with Crippen LogP contribution in [0.25, 0.3) is 71.9 Å². The van der Waals surface area contributed by atoms with E-state index in [0.717, 1.165) is 86.8 Å². The van der Waals surface area contributed by atoms with Crippen LogP contribution in [0.5, 0.6) is 0 Å². The standard InChI is InChI=1S/C33H24BrN3O.C22H14BrN3.C2H6/c34-24-18-19-29-28(20-24)31-26(16-9-17-30(31)38-29)25-14-7-8-15-27(25)33(36-21-22-10-3-1-4-11-22)37-32(35)23-12-5-2-6-13-23;23-15-10-11-19-18(14-15)21-17(22-24-12-5-13-25-22)8-4-9-20(21)26(19)16-6-2-1-3-7-16;1-2/h1-20H,21H2,(H2,35,36,37);1-14H;1-2H3. The van der Waals surface area contributed by atoms with Crippen LogP contribution in [0.1, 0.15) is 30.5 Å². The number of aliphatic imine (C=N–C) groups is 2. The van der Waals surface area contributed by atoms with Gasteiger partial charge in [0.05, 0.1) is 17.6 Å². The third kappa shape index (κ3) is 9.09. The molecule has 7 nitrogen and oxygen atoms in total. The number of furan rings is 1. The van der Waals surface area contributed by atoms with E-state index < -0.39 is 0 Å². The van der Waals surface area contributed by atoms with Crippen molar-refractivity contribution < 1.29 is 4.42 Å². The summed E-state index contributed by atoms with van der Waals surface area (Å²) in [7, 11) is 0. The first-order valence-electron chi connectivity index (χ1n) is 21.7. The number of aromatic nitrogens is 3. The van der Waals surface area contributed by atoms with Crippen LogP contribution in [-0.4, -0.2) is 26.2 Å². The van der Waals surface area contributed by atoms with Crippen molar-refractivity contribution in [2.45, 2.75) is 20.4 Å². The maximum atomic E-state index is 6.50. The van der Waals surface area contributed by atoms with Gasteiger partial charge in [-0.05, 0) is 83.4 Å². The number of nitrogens with two attached hydrogens (primary N) is 1. The van der Waals surface area contributed by atoms with Crippen LogP contribution in [0.3, 0.4) is 0 Å². The van der Waals surface area contributed by atoms with Crippen LogP contribution in [0.15, 0.2) is 230 Å². The van der Waals surface area contributed by atoms with Crippen LogP contribution in [0.2, 0.25) is 0 Å². The quantitative estimate of drug-likeness (QED) is 0.127. The molecule has 66 heavy (non-hydrogen) atoms. The number of benzene rings is 8. The highest BCUT2D eigenvalue weighted by Crippen LogP contribution is 2.40. The fourth-order valence-corrected chi connectivity index (χ4v) is 8.90. The van der Waals surface area contributed by atoms with Gasteiger partial charge in [0.25, 0.3) is 0 Å². The van der Waals surface area contributed by atoms with Gasteiger partial charge in [0.15, 0.2) is 11.7 Å². The van der Waals surface area contributed by atoms with E-state index in [-0.39, 0.29) is 0 Å². The van der Waals surface area contributed by atoms with Gasteiger partial charge in [0.2, 0.25) is 0 Å². The lowest BCUT2D eigenvalue weighted by molar-refractivity contribution is 0.669. The van der Waals surface area contributed by atoms with E-state index in [1.54, 1.807) is 12.4 Å². The summed E-state index contributed by atoms with van der Waals surface area (Å²) >= 11 is 7.24. The van der Waals surface area contributed by atoms with E-state index in [0.29, 0.717) is 18.2 Å². The molecule has 0 aliphatic rings. The van der Waals surface area contributed by atoms with Crippen LogP contribution in [0, 0.1) is 0 Å². The van der Waals surface area contributed by atoms with Gasteiger partial charge in [-0.25, -0.2) is 15.0 Å². The monoisotopic (exact) mass is 986 g/mol. The number of hydrogen-bond acceptors (Lipinski definition) is 4. The van der Waals surface area contributed by atoms with Gasteiger partial charge < -0.3 is 14.7 Å². The summed E-state index contributed by atoms with van der Waals surface area (Å²) in [6.07, 6.45) is 3.57. The van der Waals surface area contributed by atoms with Crippen molar-refractivity contribution in [3.05, 3.63) is 232 Å². The molecule has 3 aromatic heterocycles. The molecule has 8 aromatic carbocycles. The number of nitrogens with zero attached hydrogens (tertiary/aromatic N) is 5. The largest absolute Gasteiger partial charge is 0.456 e. The molecule has 2 N–H and O–H groups in total. The highest BCUT2D eigenvalue weighted by molar-refractivity contribution is 9.10. The summed E-state index contributed by atoms with van der Waals surface area (Å²) in [5, 5.41) is 4.45. The molecule has 0 aliphatic carbocycles. The Morgan fingerprint density at radius 3 is 1.94 bits per heavy atom. The van der Waals surface area contributed by atoms with Gasteiger partial charge in [-0.3, -0.25) is 4.99 Å².